The molecule has 0 rings (SSSR count). The maximum absolute atomic E-state index is 11.5. The first kappa shape index (κ1) is 14.6. The minimum Gasteiger partial charge on any atom is -0.478 e. The summed E-state index contributed by atoms with van der Waals surface area (Å²) in [6.45, 7) is 5.30. The van der Waals surface area contributed by atoms with Crippen LogP contribution in [0.1, 0.15) is 27.2 Å². The average Bonchev–Trinajstić information content (AvgIpc) is 2.24. The van der Waals surface area contributed by atoms with Gasteiger partial charge in [-0.05, 0) is 26.2 Å². The van der Waals surface area contributed by atoms with Gasteiger partial charge in [-0.1, -0.05) is 6.92 Å². The number of carbonyl (C=O) groups excluding carboxylic acids is 1. The van der Waals surface area contributed by atoms with Gasteiger partial charge >= 0.3 is 5.97 Å². The zero-order valence-corrected chi connectivity index (χ0v) is 9.91. The SMILES string of the molecule is CC(C(=O)O)=C(C)C(=O)NCC(C)CCO. The fourth-order valence-corrected chi connectivity index (χ4v) is 1.05. The number of carboxylic acid groups (broad SMARTS) is 1. The number of aliphatic carboxylic acids is 1. The van der Waals surface area contributed by atoms with Crippen molar-refractivity contribution in [2.75, 3.05) is 13.2 Å². The predicted octanol–water partition coefficient (Wildman–Crippen LogP) is 0.542. The van der Waals surface area contributed by atoms with Gasteiger partial charge in [0, 0.05) is 24.3 Å². The van der Waals surface area contributed by atoms with Crippen LogP contribution in [0.2, 0.25) is 0 Å². The molecule has 0 aromatic heterocycles. The highest BCUT2D eigenvalue weighted by Gasteiger charge is 2.12. The first-order valence-electron chi connectivity index (χ1n) is 5.20. The Labute approximate surface area is 95.2 Å². The molecule has 0 saturated carbocycles. The highest BCUT2D eigenvalue weighted by Crippen LogP contribution is 2.04. The van der Waals surface area contributed by atoms with Crippen molar-refractivity contribution in [1.29, 1.82) is 0 Å². The number of carbonyl (C=O) groups is 2. The summed E-state index contributed by atoms with van der Waals surface area (Å²) in [6.07, 6.45) is 0.612. The van der Waals surface area contributed by atoms with E-state index in [1.165, 1.54) is 13.8 Å². The van der Waals surface area contributed by atoms with E-state index in [-0.39, 0.29) is 29.6 Å². The number of hydrogen-bond acceptors (Lipinski definition) is 3. The van der Waals surface area contributed by atoms with Crippen LogP contribution in [0, 0.1) is 5.92 Å². The van der Waals surface area contributed by atoms with Crippen molar-refractivity contribution in [1.82, 2.24) is 5.32 Å². The fourth-order valence-electron chi connectivity index (χ4n) is 1.05. The molecule has 3 N–H and O–H groups in total. The van der Waals surface area contributed by atoms with E-state index in [0.717, 1.165) is 0 Å². The number of rotatable bonds is 6. The minimum absolute atomic E-state index is 0.0484. The topological polar surface area (TPSA) is 86.6 Å². The molecular weight excluding hydrogens is 210 g/mol. The molecule has 0 radical (unpaired) electrons. The number of aliphatic hydroxyl groups excluding tert-OH is 1. The molecule has 0 aromatic carbocycles. The lowest BCUT2D eigenvalue weighted by Gasteiger charge is -2.11. The lowest BCUT2D eigenvalue weighted by atomic mass is 10.1. The second-order valence-corrected chi connectivity index (χ2v) is 3.88. The largest absolute Gasteiger partial charge is 0.478 e. The van der Waals surface area contributed by atoms with Gasteiger partial charge in [0.25, 0.3) is 0 Å². The molecule has 0 saturated heterocycles. The zero-order chi connectivity index (χ0) is 12.7. The predicted molar refractivity (Wildman–Crippen MR) is 59.9 cm³/mol. The van der Waals surface area contributed by atoms with Crippen LogP contribution in [0.25, 0.3) is 0 Å². The van der Waals surface area contributed by atoms with E-state index in [1.54, 1.807) is 0 Å². The average molecular weight is 229 g/mol. The Kier molecular flexibility index (Phi) is 6.41. The summed E-state index contributed by atoms with van der Waals surface area (Å²) in [7, 11) is 0. The fraction of sp³-hybridized carbons (Fsp3) is 0.636. The van der Waals surface area contributed by atoms with E-state index in [0.29, 0.717) is 13.0 Å². The molecule has 0 heterocycles. The molecule has 92 valence electrons. The molecule has 1 unspecified atom stereocenters. The molecule has 0 aliphatic carbocycles. The molecule has 0 aromatic rings. The summed E-state index contributed by atoms with van der Waals surface area (Å²) in [4.78, 5) is 22.1. The van der Waals surface area contributed by atoms with E-state index in [1.807, 2.05) is 6.92 Å². The Bertz CT molecular complexity index is 296. The molecule has 0 fully saturated rings. The van der Waals surface area contributed by atoms with E-state index in [4.69, 9.17) is 10.2 Å². The van der Waals surface area contributed by atoms with Crippen molar-refractivity contribution in [2.24, 2.45) is 5.92 Å². The molecule has 5 nitrogen and oxygen atoms in total. The summed E-state index contributed by atoms with van der Waals surface area (Å²) in [5.41, 5.74) is 0.260. The second-order valence-electron chi connectivity index (χ2n) is 3.88. The summed E-state index contributed by atoms with van der Waals surface area (Å²) in [6, 6.07) is 0. The standard InChI is InChI=1S/C11H19NO4/c1-7(4-5-13)6-12-10(14)8(2)9(3)11(15)16/h7,13H,4-6H2,1-3H3,(H,12,14)(H,15,16). The third-order valence-electron chi connectivity index (χ3n) is 2.46. The molecule has 0 aliphatic rings. The van der Waals surface area contributed by atoms with Crippen LogP contribution >= 0.6 is 0 Å². The number of carboxylic acids is 1. The van der Waals surface area contributed by atoms with Crippen molar-refractivity contribution in [3.63, 3.8) is 0 Å². The van der Waals surface area contributed by atoms with Crippen LogP contribution in [-0.4, -0.2) is 35.2 Å². The van der Waals surface area contributed by atoms with Gasteiger partial charge in [-0.25, -0.2) is 4.79 Å². The lowest BCUT2D eigenvalue weighted by Crippen LogP contribution is -2.30. The van der Waals surface area contributed by atoms with Crippen molar-refractivity contribution in [2.45, 2.75) is 27.2 Å². The normalized spacial score (nSPS) is 14.0. The monoisotopic (exact) mass is 229 g/mol. The van der Waals surface area contributed by atoms with E-state index in [2.05, 4.69) is 5.32 Å². The maximum atomic E-state index is 11.5. The van der Waals surface area contributed by atoms with Gasteiger partial charge < -0.3 is 15.5 Å². The number of amides is 1. The van der Waals surface area contributed by atoms with E-state index in [9.17, 15) is 9.59 Å². The van der Waals surface area contributed by atoms with Gasteiger partial charge in [0.1, 0.15) is 0 Å². The smallest absolute Gasteiger partial charge is 0.331 e. The van der Waals surface area contributed by atoms with Gasteiger partial charge in [0.15, 0.2) is 0 Å². The van der Waals surface area contributed by atoms with Crippen LogP contribution < -0.4 is 5.32 Å². The first-order chi connectivity index (χ1) is 7.40. The molecule has 0 aliphatic heterocycles. The van der Waals surface area contributed by atoms with Crippen LogP contribution in [0.5, 0.6) is 0 Å². The van der Waals surface area contributed by atoms with Crippen LogP contribution in [0.3, 0.4) is 0 Å². The van der Waals surface area contributed by atoms with Gasteiger partial charge in [0.05, 0.1) is 0 Å². The van der Waals surface area contributed by atoms with Crippen LogP contribution in [-0.2, 0) is 9.59 Å². The molecule has 5 heteroatoms. The van der Waals surface area contributed by atoms with Crippen molar-refractivity contribution in [3.8, 4) is 0 Å². The zero-order valence-electron chi connectivity index (χ0n) is 9.91. The Hall–Kier alpha value is -1.36. The Morgan fingerprint density at radius 3 is 2.25 bits per heavy atom. The van der Waals surface area contributed by atoms with Crippen LogP contribution in [0.4, 0.5) is 0 Å². The minimum atomic E-state index is -1.09. The van der Waals surface area contributed by atoms with Crippen molar-refractivity contribution < 1.29 is 19.8 Å². The lowest BCUT2D eigenvalue weighted by molar-refractivity contribution is -0.133. The van der Waals surface area contributed by atoms with E-state index >= 15 is 0 Å². The summed E-state index contributed by atoms with van der Waals surface area (Å²) < 4.78 is 0. The van der Waals surface area contributed by atoms with Gasteiger partial charge in [-0.15, -0.1) is 0 Å². The second kappa shape index (κ2) is 7.00. The number of aliphatic hydroxyl groups is 1. The van der Waals surface area contributed by atoms with Crippen molar-refractivity contribution >= 4 is 11.9 Å². The molecule has 0 bridgehead atoms. The molecule has 1 atom stereocenters. The van der Waals surface area contributed by atoms with Gasteiger partial charge in [-0.2, -0.15) is 0 Å². The third kappa shape index (κ3) is 4.93. The van der Waals surface area contributed by atoms with Crippen molar-refractivity contribution in [3.05, 3.63) is 11.1 Å². The molecule has 0 spiro atoms. The first-order valence-corrected chi connectivity index (χ1v) is 5.20. The quantitative estimate of drug-likeness (QED) is 0.580. The van der Waals surface area contributed by atoms with Gasteiger partial charge in [0.2, 0.25) is 5.91 Å². The Morgan fingerprint density at radius 2 is 1.81 bits per heavy atom. The summed E-state index contributed by atoms with van der Waals surface area (Å²) in [5, 5.41) is 20.0. The summed E-state index contributed by atoms with van der Waals surface area (Å²) >= 11 is 0. The summed E-state index contributed by atoms with van der Waals surface area (Å²) in [5.74, 6) is -1.28. The Balaban J connectivity index is 4.27. The molecule has 16 heavy (non-hydrogen) atoms. The highest BCUT2D eigenvalue weighted by molar-refractivity contribution is 6.01. The van der Waals surface area contributed by atoms with Gasteiger partial charge in [-0.3, -0.25) is 4.79 Å². The third-order valence-corrected chi connectivity index (χ3v) is 2.46. The van der Waals surface area contributed by atoms with E-state index < -0.39 is 5.97 Å². The Morgan fingerprint density at radius 1 is 1.25 bits per heavy atom. The highest BCUT2D eigenvalue weighted by atomic mass is 16.4. The number of nitrogens with one attached hydrogen (secondary N) is 1. The van der Waals surface area contributed by atoms with Crippen LogP contribution in [0.15, 0.2) is 11.1 Å². The maximum Gasteiger partial charge on any atom is 0.331 e. The molecular formula is C11H19NO4. The molecule has 1 amide bonds. The number of hydrogen-bond donors (Lipinski definition) is 3.